The van der Waals surface area contributed by atoms with Gasteiger partial charge in [0.1, 0.15) is 0 Å². The molecule has 0 amide bonds. The molecule has 2 aliphatic carbocycles. The van der Waals surface area contributed by atoms with Gasteiger partial charge < -0.3 is 9.88 Å². The minimum atomic E-state index is 0.346. The van der Waals surface area contributed by atoms with Crippen LogP contribution in [0.2, 0.25) is 0 Å². The molecule has 4 heterocycles. The molecule has 0 spiro atoms. The van der Waals surface area contributed by atoms with Crippen LogP contribution in [0.4, 0.5) is 0 Å². The lowest BCUT2D eigenvalue weighted by Gasteiger charge is -2.29. The number of allylic oxidation sites excluding steroid dienone is 7. The third-order valence-electron chi connectivity index (χ3n) is 6.82. The van der Waals surface area contributed by atoms with E-state index in [1.807, 2.05) is 30.7 Å². The van der Waals surface area contributed by atoms with Gasteiger partial charge in [0.25, 0.3) is 0 Å². The lowest BCUT2D eigenvalue weighted by molar-refractivity contribution is 0.524. The third-order valence-corrected chi connectivity index (χ3v) is 6.82. The van der Waals surface area contributed by atoms with Gasteiger partial charge in [0.15, 0.2) is 0 Å². The van der Waals surface area contributed by atoms with Gasteiger partial charge in [0.05, 0.1) is 29.1 Å². The average molecular weight is 439 g/mol. The van der Waals surface area contributed by atoms with Gasteiger partial charge in [-0.2, -0.15) is 0 Å². The SMILES string of the molecule is C1=CCC2=C3C=C4C=CC=CC4N3C=NC2=C1.c1ccc2c(c1)ncc1c3ccccc3[nH]c21. The summed E-state index contributed by atoms with van der Waals surface area (Å²) in [5.74, 6) is 0. The fourth-order valence-corrected chi connectivity index (χ4v) is 5.17. The molecule has 2 aliphatic heterocycles. The van der Waals surface area contributed by atoms with E-state index in [1.165, 1.54) is 44.0 Å². The molecule has 34 heavy (non-hydrogen) atoms. The van der Waals surface area contributed by atoms with Gasteiger partial charge >= 0.3 is 0 Å². The summed E-state index contributed by atoms with van der Waals surface area (Å²) < 4.78 is 0. The number of rotatable bonds is 0. The molecule has 162 valence electrons. The number of aliphatic imine (C=N–C) groups is 1. The zero-order valence-corrected chi connectivity index (χ0v) is 18.5. The highest BCUT2D eigenvalue weighted by Gasteiger charge is 2.31. The molecule has 1 atom stereocenters. The predicted octanol–water partition coefficient (Wildman–Crippen LogP) is 6.73. The van der Waals surface area contributed by atoms with Crippen molar-refractivity contribution in [2.75, 3.05) is 0 Å². The van der Waals surface area contributed by atoms with E-state index in [0.29, 0.717) is 6.04 Å². The molecule has 0 saturated heterocycles. The first-order valence-electron chi connectivity index (χ1n) is 11.6. The normalized spacial score (nSPS) is 19.6. The number of H-pyrrole nitrogens is 1. The first-order valence-corrected chi connectivity index (χ1v) is 11.6. The number of para-hydroxylation sites is 2. The van der Waals surface area contributed by atoms with Gasteiger partial charge in [-0.05, 0) is 36.3 Å². The third kappa shape index (κ3) is 2.92. The lowest BCUT2D eigenvalue weighted by atomic mass is 10.0. The van der Waals surface area contributed by atoms with Crippen molar-refractivity contribution in [3.8, 4) is 0 Å². The number of aromatic amines is 1. The predicted molar refractivity (Wildman–Crippen MR) is 140 cm³/mol. The quantitative estimate of drug-likeness (QED) is 0.331. The van der Waals surface area contributed by atoms with Crippen LogP contribution in [-0.2, 0) is 0 Å². The molecule has 4 aromatic rings. The molecule has 1 N–H and O–H groups in total. The van der Waals surface area contributed by atoms with Crippen molar-refractivity contribution < 1.29 is 0 Å². The van der Waals surface area contributed by atoms with Crippen LogP contribution >= 0.6 is 0 Å². The fraction of sp³-hybridized carbons (Fsp3) is 0.0667. The number of nitrogens with zero attached hydrogens (tertiary/aromatic N) is 3. The molecule has 0 saturated carbocycles. The van der Waals surface area contributed by atoms with Crippen LogP contribution in [-0.4, -0.2) is 27.2 Å². The summed E-state index contributed by atoms with van der Waals surface area (Å²) >= 11 is 0. The maximum absolute atomic E-state index is 4.55. The minimum Gasteiger partial charge on any atom is -0.354 e. The Morgan fingerprint density at radius 1 is 0.912 bits per heavy atom. The molecular weight excluding hydrogens is 416 g/mol. The molecule has 0 radical (unpaired) electrons. The molecule has 2 aromatic carbocycles. The maximum atomic E-state index is 4.55. The van der Waals surface area contributed by atoms with Crippen molar-refractivity contribution in [2.24, 2.45) is 4.99 Å². The standard InChI is InChI=1S/C15H12N2.C15H10N2/c1-4-8-14-11(5-1)9-15-12-6-2-3-7-13(12)16-10-17(14)15;1-4-8-14-10(5-1)12-9-16-13-7-3-2-6-11(13)15(12)17-14/h1-5,7-10,14H,6H2;1-9,17H. The van der Waals surface area contributed by atoms with Crippen LogP contribution in [0.1, 0.15) is 6.42 Å². The van der Waals surface area contributed by atoms with Crippen LogP contribution in [0.15, 0.2) is 131 Å². The summed E-state index contributed by atoms with van der Waals surface area (Å²) in [6.45, 7) is 0. The van der Waals surface area contributed by atoms with Crippen LogP contribution in [0.5, 0.6) is 0 Å². The van der Waals surface area contributed by atoms with Gasteiger partial charge in [-0.25, -0.2) is 4.99 Å². The van der Waals surface area contributed by atoms with Crippen LogP contribution < -0.4 is 0 Å². The van der Waals surface area contributed by atoms with E-state index >= 15 is 0 Å². The van der Waals surface area contributed by atoms with Gasteiger partial charge in [-0.3, -0.25) is 4.98 Å². The van der Waals surface area contributed by atoms with Gasteiger partial charge in [0, 0.05) is 39.1 Å². The van der Waals surface area contributed by atoms with Crippen LogP contribution in [0.25, 0.3) is 32.7 Å². The van der Waals surface area contributed by atoms with Gasteiger partial charge in [-0.15, -0.1) is 0 Å². The molecule has 4 heteroatoms. The van der Waals surface area contributed by atoms with Crippen LogP contribution in [0, 0.1) is 0 Å². The highest BCUT2D eigenvalue weighted by Crippen LogP contribution is 2.38. The molecule has 4 nitrogen and oxygen atoms in total. The van der Waals surface area contributed by atoms with Crippen molar-refractivity contribution in [1.82, 2.24) is 14.9 Å². The first kappa shape index (κ1) is 19.1. The number of fused-ring (bicyclic) bond motifs is 9. The van der Waals surface area contributed by atoms with Crippen molar-refractivity contribution in [2.45, 2.75) is 12.5 Å². The Morgan fingerprint density at radius 3 is 2.76 bits per heavy atom. The Morgan fingerprint density at radius 2 is 1.79 bits per heavy atom. The Labute approximate surface area is 197 Å². The fourth-order valence-electron chi connectivity index (χ4n) is 5.17. The molecule has 8 rings (SSSR count). The second-order valence-electron chi connectivity index (χ2n) is 8.77. The topological polar surface area (TPSA) is 44.3 Å². The molecule has 4 aliphatic rings. The maximum Gasteiger partial charge on any atom is 0.0965 e. The zero-order valence-electron chi connectivity index (χ0n) is 18.5. The summed E-state index contributed by atoms with van der Waals surface area (Å²) in [6.07, 6.45) is 22.2. The summed E-state index contributed by atoms with van der Waals surface area (Å²) in [5, 5.41) is 3.61. The largest absolute Gasteiger partial charge is 0.354 e. The molecule has 0 bridgehead atoms. The first-order chi connectivity index (χ1) is 16.9. The molecular formula is C30H22N4. The average Bonchev–Trinajstić information content (AvgIpc) is 3.48. The van der Waals surface area contributed by atoms with Gasteiger partial charge in [0.2, 0.25) is 0 Å². The van der Waals surface area contributed by atoms with E-state index < -0.39 is 0 Å². The van der Waals surface area contributed by atoms with Crippen molar-refractivity contribution >= 4 is 39.0 Å². The van der Waals surface area contributed by atoms with Crippen molar-refractivity contribution in [3.63, 3.8) is 0 Å². The van der Waals surface area contributed by atoms with E-state index in [0.717, 1.165) is 17.6 Å². The molecule has 1 unspecified atom stereocenters. The minimum absolute atomic E-state index is 0.346. The van der Waals surface area contributed by atoms with Crippen LogP contribution in [0.3, 0.4) is 0 Å². The van der Waals surface area contributed by atoms with E-state index in [-0.39, 0.29) is 0 Å². The second kappa shape index (κ2) is 7.56. The summed E-state index contributed by atoms with van der Waals surface area (Å²) in [7, 11) is 0. The lowest BCUT2D eigenvalue weighted by Crippen LogP contribution is -2.31. The number of aromatic nitrogens is 2. The van der Waals surface area contributed by atoms with Crippen molar-refractivity contribution in [1.29, 1.82) is 0 Å². The van der Waals surface area contributed by atoms with Gasteiger partial charge in [-0.1, -0.05) is 72.9 Å². The monoisotopic (exact) mass is 438 g/mol. The second-order valence-corrected chi connectivity index (χ2v) is 8.77. The highest BCUT2D eigenvalue weighted by atomic mass is 15.2. The van der Waals surface area contributed by atoms with E-state index in [2.05, 4.69) is 98.8 Å². The van der Waals surface area contributed by atoms with E-state index in [9.17, 15) is 0 Å². The van der Waals surface area contributed by atoms with Crippen molar-refractivity contribution in [3.05, 3.63) is 126 Å². The smallest absolute Gasteiger partial charge is 0.0965 e. The Balaban J connectivity index is 0.000000118. The highest BCUT2D eigenvalue weighted by molar-refractivity contribution is 6.15. The van der Waals surface area contributed by atoms with E-state index in [4.69, 9.17) is 0 Å². The summed E-state index contributed by atoms with van der Waals surface area (Å²) in [6, 6.07) is 16.9. The number of pyridine rings is 1. The summed E-state index contributed by atoms with van der Waals surface area (Å²) in [4.78, 5) is 14.8. The Bertz CT molecular complexity index is 1690. The number of nitrogens with one attached hydrogen (secondary N) is 1. The number of hydrogen-bond donors (Lipinski definition) is 1. The zero-order chi connectivity index (χ0) is 22.5. The number of benzene rings is 2. The Kier molecular flexibility index (Phi) is 4.24. The number of hydrogen-bond acceptors (Lipinski definition) is 3. The Hall–Kier alpha value is -4.44. The molecule has 0 fully saturated rings. The molecule has 2 aromatic heterocycles. The van der Waals surface area contributed by atoms with E-state index in [1.54, 1.807) is 0 Å². The summed E-state index contributed by atoms with van der Waals surface area (Å²) in [5.41, 5.74) is 8.51.